The Morgan fingerprint density at radius 3 is 2.45 bits per heavy atom. The van der Waals surface area contributed by atoms with Crippen molar-refractivity contribution < 1.29 is 9.53 Å². The topological polar surface area (TPSA) is 55.6 Å². The molecule has 0 saturated heterocycles. The van der Waals surface area contributed by atoms with Crippen molar-refractivity contribution in [1.29, 1.82) is 0 Å². The van der Waals surface area contributed by atoms with Crippen LogP contribution >= 0.6 is 12.4 Å². The Kier molecular flexibility index (Phi) is 9.10. The van der Waals surface area contributed by atoms with Crippen LogP contribution in [0.4, 0.5) is 4.79 Å². The number of amides is 1. The molecule has 0 aromatic carbocycles. The van der Waals surface area contributed by atoms with Gasteiger partial charge in [0.15, 0.2) is 0 Å². The maximum atomic E-state index is 10.7. The van der Waals surface area contributed by atoms with Crippen molar-refractivity contribution in [3.05, 3.63) is 0 Å². The van der Waals surface area contributed by atoms with Gasteiger partial charge in [0, 0.05) is 14.1 Å². The highest BCUT2D eigenvalue weighted by Gasteiger charge is 2.01. The first-order valence-corrected chi connectivity index (χ1v) is 3.22. The highest BCUT2D eigenvalue weighted by molar-refractivity contribution is 5.85. The van der Waals surface area contributed by atoms with E-state index in [1.54, 1.807) is 14.1 Å². The summed E-state index contributed by atoms with van der Waals surface area (Å²) < 4.78 is 4.75. The van der Waals surface area contributed by atoms with Crippen LogP contribution in [0, 0.1) is 0 Å². The maximum absolute atomic E-state index is 10.7. The van der Waals surface area contributed by atoms with Crippen molar-refractivity contribution in [2.75, 3.05) is 27.2 Å². The third-order valence-corrected chi connectivity index (χ3v) is 0.939. The van der Waals surface area contributed by atoms with E-state index in [1.807, 2.05) is 0 Å². The zero-order valence-corrected chi connectivity index (χ0v) is 7.69. The van der Waals surface area contributed by atoms with Gasteiger partial charge in [-0.15, -0.1) is 12.4 Å². The Morgan fingerprint density at radius 2 is 2.09 bits per heavy atom. The quantitative estimate of drug-likeness (QED) is 0.645. The van der Waals surface area contributed by atoms with Gasteiger partial charge in [-0.1, -0.05) is 0 Å². The second-order valence-electron chi connectivity index (χ2n) is 2.15. The molecule has 0 saturated carbocycles. The van der Waals surface area contributed by atoms with Crippen LogP contribution in [-0.4, -0.2) is 38.2 Å². The molecule has 0 heterocycles. The molecule has 0 bridgehead atoms. The number of carbonyl (C=O) groups is 1. The van der Waals surface area contributed by atoms with Crippen LogP contribution < -0.4 is 5.73 Å². The fourth-order valence-electron chi connectivity index (χ4n) is 0.372. The summed E-state index contributed by atoms with van der Waals surface area (Å²) in [6.07, 6.45) is 0.410. The molecule has 0 fully saturated rings. The molecule has 0 aliphatic rings. The van der Waals surface area contributed by atoms with E-state index in [-0.39, 0.29) is 18.5 Å². The predicted octanol–water partition coefficient (Wildman–Crippen LogP) is 0.455. The number of nitrogens with zero attached hydrogens (tertiary/aromatic N) is 1. The van der Waals surface area contributed by atoms with Crippen LogP contribution in [0.1, 0.15) is 6.42 Å². The Bertz CT molecular complexity index is 109. The molecular formula is C6H15ClN2O2. The summed E-state index contributed by atoms with van der Waals surface area (Å²) in [5.74, 6) is 0. The summed E-state index contributed by atoms with van der Waals surface area (Å²) in [5.41, 5.74) is 5.19. The van der Waals surface area contributed by atoms with E-state index in [9.17, 15) is 4.79 Å². The minimum atomic E-state index is -0.312. The summed E-state index contributed by atoms with van der Waals surface area (Å²) in [5, 5.41) is 0. The predicted molar refractivity (Wildman–Crippen MR) is 46.0 cm³/mol. The highest BCUT2D eigenvalue weighted by Crippen LogP contribution is 1.86. The minimum absolute atomic E-state index is 0. The van der Waals surface area contributed by atoms with Crippen LogP contribution in [0.25, 0.3) is 0 Å². The normalized spacial score (nSPS) is 8.27. The number of carbonyl (C=O) groups excluding carboxylic acids is 1. The van der Waals surface area contributed by atoms with Crippen molar-refractivity contribution in [2.24, 2.45) is 5.73 Å². The number of halogens is 1. The van der Waals surface area contributed by atoms with Gasteiger partial charge in [0.1, 0.15) is 0 Å². The largest absolute Gasteiger partial charge is 0.449 e. The van der Waals surface area contributed by atoms with E-state index in [2.05, 4.69) is 0 Å². The number of ether oxygens (including phenoxy) is 1. The lowest BCUT2D eigenvalue weighted by Crippen LogP contribution is -2.23. The molecule has 0 radical (unpaired) electrons. The first kappa shape index (κ1) is 13.1. The Labute approximate surface area is 73.1 Å². The second kappa shape index (κ2) is 7.63. The average molecular weight is 183 g/mol. The van der Waals surface area contributed by atoms with Gasteiger partial charge in [0.25, 0.3) is 0 Å². The van der Waals surface area contributed by atoms with Crippen molar-refractivity contribution >= 4 is 18.5 Å². The van der Waals surface area contributed by atoms with Crippen LogP contribution in [0.15, 0.2) is 0 Å². The van der Waals surface area contributed by atoms with Crippen LogP contribution in [0.3, 0.4) is 0 Å². The van der Waals surface area contributed by atoms with Crippen LogP contribution in [0.5, 0.6) is 0 Å². The van der Waals surface area contributed by atoms with E-state index >= 15 is 0 Å². The minimum Gasteiger partial charge on any atom is -0.449 e. The molecule has 2 N–H and O–H groups in total. The molecule has 1 amide bonds. The van der Waals surface area contributed by atoms with Gasteiger partial charge < -0.3 is 15.4 Å². The summed E-state index contributed by atoms with van der Waals surface area (Å²) in [4.78, 5) is 12.1. The van der Waals surface area contributed by atoms with Gasteiger partial charge in [0.2, 0.25) is 0 Å². The average Bonchev–Trinajstić information content (AvgIpc) is 1.88. The van der Waals surface area contributed by atoms with Crippen LogP contribution in [-0.2, 0) is 4.74 Å². The SMILES string of the molecule is CN(C)C(=O)OCCCN.Cl. The van der Waals surface area contributed by atoms with Crippen molar-refractivity contribution in [3.63, 3.8) is 0 Å². The fraction of sp³-hybridized carbons (Fsp3) is 0.833. The van der Waals surface area contributed by atoms with E-state index in [0.717, 1.165) is 6.42 Å². The van der Waals surface area contributed by atoms with Gasteiger partial charge in [-0.05, 0) is 13.0 Å². The zero-order valence-electron chi connectivity index (χ0n) is 6.87. The second-order valence-corrected chi connectivity index (χ2v) is 2.15. The Morgan fingerprint density at radius 1 is 1.55 bits per heavy atom. The Balaban J connectivity index is 0. The Hall–Kier alpha value is -0.480. The van der Waals surface area contributed by atoms with E-state index in [4.69, 9.17) is 10.5 Å². The maximum Gasteiger partial charge on any atom is 0.409 e. The van der Waals surface area contributed by atoms with Gasteiger partial charge >= 0.3 is 6.09 Å². The molecule has 4 nitrogen and oxygen atoms in total. The smallest absolute Gasteiger partial charge is 0.409 e. The van der Waals surface area contributed by atoms with E-state index in [1.165, 1.54) is 4.90 Å². The monoisotopic (exact) mass is 182 g/mol. The molecule has 0 aliphatic heterocycles. The lowest BCUT2D eigenvalue weighted by atomic mass is 10.5. The third kappa shape index (κ3) is 7.42. The molecular weight excluding hydrogens is 168 g/mol. The zero-order chi connectivity index (χ0) is 7.98. The standard InChI is InChI=1S/C6H14N2O2.ClH/c1-8(2)6(9)10-5-3-4-7;/h3-5,7H2,1-2H3;1H. The van der Waals surface area contributed by atoms with Crippen molar-refractivity contribution in [3.8, 4) is 0 Å². The fourth-order valence-corrected chi connectivity index (χ4v) is 0.372. The summed E-state index contributed by atoms with van der Waals surface area (Å²) in [7, 11) is 3.29. The molecule has 0 atom stereocenters. The first-order valence-electron chi connectivity index (χ1n) is 3.22. The molecule has 68 valence electrons. The molecule has 0 spiro atoms. The number of hydrogen-bond donors (Lipinski definition) is 1. The lowest BCUT2D eigenvalue weighted by molar-refractivity contribution is 0.118. The number of hydrogen-bond acceptors (Lipinski definition) is 3. The van der Waals surface area contributed by atoms with Gasteiger partial charge in [0.05, 0.1) is 6.61 Å². The van der Waals surface area contributed by atoms with Crippen molar-refractivity contribution in [1.82, 2.24) is 4.90 Å². The van der Waals surface area contributed by atoms with Gasteiger partial charge in [-0.2, -0.15) is 0 Å². The van der Waals surface area contributed by atoms with Crippen molar-refractivity contribution in [2.45, 2.75) is 6.42 Å². The molecule has 0 aliphatic carbocycles. The third-order valence-electron chi connectivity index (χ3n) is 0.939. The van der Waals surface area contributed by atoms with Crippen LogP contribution in [0.2, 0.25) is 0 Å². The number of rotatable bonds is 3. The molecule has 0 rings (SSSR count). The number of nitrogens with two attached hydrogens (primary N) is 1. The van der Waals surface area contributed by atoms with Gasteiger partial charge in [-0.25, -0.2) is 4.79 Å². The molecule has 0 aromatic heterocycles. The first-order chi connectivity index (χ1) is 4.68. The highest BCUT2D eigenvalue weighted by atomic mass is 35.5. The molecule has 5 heteroatoms. The molecule has 11 heavy (non-hydrogen) atoms. The lowest BCUT2D eigenvalue weighted by Gasteiger charge is -2.09. The molecule has 0 aromatic rings. The summed E-state index contributed by atoms with van der Waals surface area (Å²) in [6, 6.07) is 0. The summed E-state index contributed by atoms with van der Waals surface area (Å²) >= 11 is 0. The molecule has 0 unspecified atom stereocenters. The van der Waals surface area contributed by atoms with E-state index in [0.29, 0.717) is 13.2 Å². The van der Waals surface area contributed by atoms with Gasteiger partial charge in [-0.3, -0.25) is 0 Å². The van der Waals surface area contributed by atoms with E-state index < -0.39 is 0 Å². The summed E-state index contributed by atoms with van der Waals surface area (Å²) in [6.45, 7) is 0.966.